The second kappa shape index (κ2) is 11.1. The maximum Gasteiger partial charge on any atom is 0.335 e. The van der Waals surface area contributed by atoms with Gasteiger partial charge in [0, 0.05) is 0 Å². The number of carbonyl (C=O) groups excluding carboxylic acids is 2. The molecule has 1 heterocycles. The molecule has 1 fully saturated rings. The van der Waals surface area contributed by atoms with Gasteiger partial charge in [0.1, 0.15) is 12.2 Å². The van der Waals surface area contributed by atoms with Gasteiger partial charge >= 0.3 is 23.1 Å². The Hall–Kier alpha value is -0.746. The van der Waals surface area contributed by atoms with Gasteiger partial charge in [0.25, 0.3) is 6.47 Å². The number of esters is 1. The van der Waals surface area contributed by atoms with Crippen LogP contribution in [0.25, 0.3) is 0 Å². The average molecular weight is 491 g/mol. The molecule has 1 aliphatic heterocycles. The van der Waals surface area contributed by atoms with E-state index in [4.69, 9.17) is 22.4 Å². The Morgan fingerprint density at radius 1 is 0.906 bits per heavy atom. The van der Waals surface area contributed by atoms with E-state index in [1.807, 2.05) is 0 Å². The molecule has 1 saturated heterocycles. The molecule has 3 atom stereocenters. The van der Waals surface area contributed by atoms with E-state index < -0.39 is 40.8 Å². The third-order valence-corrected chi connectivity index (χ3v) is 16.5. The van der Waals surface area contributed by atoms with Crippen LogP contribution >= 0.6 is 0 Å². The van der Waals surface area contributed by atoms with Gasteiger partial charge in [0.05, 0.1) is 12.0 Å². The number of carbonyl (C=O) groups is 2. The maximum atomic E-state index is 12.6. The quantitative estimate of drug-likeness (QED) is 0.254. The van der Waals surface area contributed by atoms with Gasteiger partial charge in [-0.2, -0.15) is 0 Å². The van der Waals surface area contributed by atoms with Gasteiger partial charge in [-0.05, 0) is 49.9 Å². The van der Waals surface area contributed by atoms with Crippen LogP contribution in [0.15, 0.2) is 0 Å². The van der Waals surface area contributed by atoms with Crippen LogP contribution in [-0.2, 0) is 32.0 Å². The zero-order chi connectivity index (χ0) is 25.1. The molecule has 0 bridgehead atoms. The van der Waals surface area contributed by atoms with Gasteiger partial charge in [-0.1, -0.05) is 55.4 Å². The van der Waals surface area contributed by atoms with Gasteiger partial charge in [-0.15, -0.1) is 0 Å². The van der Waals surface area contributed by atoms with Crippen LogP contribution in [0.4, 0.5) is 0 Å². The van der Waals surface area contributed by atoms with E-state index >= 15 is 0 Å². The van der Waals surface area contributed by atoms with Crippen molar-refractivity contribution in [1.29, 1.82) is 0 Å². The minimum Gasteiger partial charge on any atom is -0.459 e. The van der Waals surface area contributed by atoms with Gasteiger partial charge in [-0.25, -0.2) is 0 Å². The zero-order valence-corrected chi connectivity index (χ0v) is 24.2. The Morgan fingerprint density at radius 3 is 1.75 bits per heavy atom. The Balaban J connectivity index is 3.57. The molecular weight excluding hydrogens is 444 g/mol. The summed E-state index contributed by atoms with van der Waals surface area (Å²) in [5, 5.41) is 0. The zero-order valence-electron chi connectivity index (χ0n) is 22.2. The second-order valence-corrected chi connectivity index (χ2v) is 20.0. The number of rotatable bonds is 8. The van der Waals surface area contributed by atoms with Crippen LogP contribution < -0.4 is 0 Å². The number of hydrogen-bond donors (Lipinski definition) is 0. The highest BCUT2D eigenvalue weighted by molar-refractivity contribution is 6.83. The van der Waals surface area contributed by atoms with Crippen LogP contribution in [0.3, 0.4) is 0 Å². The summed E-state index contributed by atoms with van der Waals surface area (Å²) in [5.74, 6) is -0.336. The molecule has 32 heavy (non-hydrogen) atoms. The Labute approximate surface area is 197 Å². The molecule has 0 aromatic rings. The lowest BCUT2D eigenvalue weighted by Crippen LogP contribution is -2.67. The lowest BCUT2D eigenvalue weighted by Gasteiger charge is -2.52. The van der Waals surface area contributed by atoms with E-state index in [-0.39, 0.29) is 34.7 Å². The summed E-state index contributed by atoms with van der Waals surface area (Å²) >= 11 is 0. The van der Waals surface area contributed by atoms with E-state index in [0.717, 1.165) is 0 Å². The third-order valence-electron chi connectivity index (χ3n) is 6.30. The Bertz CT molecular complexity index is 612. The Morgan fingerprint density at radius 2 is 1.38 bits per heavy atom. The molecule has 0 N–H and O–H groups in total. The monoisotopic (exact) mass is 490 g/mol. The van der Waals surface area contributed by atoms with Gasteiger partial charge in [0.15, 0.2) is 6.10 Å². The van der Waals surface area contributed by atoms with Crippen LogP contribution in [0.2, 0.25) is 22.2 Å². The predicted octanol–water partition coefficient (Wildman–Crippen LogP) is 5.46. The fourth-order valence-electron chi connectivity index (χ4n) is 4.31. The van der Waals surface area contributed by atoms with Gasteiger partial charge in [0.2, 0.25) is 0 Å². The average Bonchev–Trinajstić information content (AvgIpc) is 2.62. The number of ether oxygens (including phenoxy) is 2. The molecule has 0 amide bonds. The molecular formula is C23H46O7Si2. The summed E-state index contributed by atoms with van der Waals surface area (Å²) in [4.78, 5) is 24.0. The van der Waals surface area contributed by atoms with E-state index in [0.29, 0.717) is 6.47 Å². The highest BCUT2D eigenvalue weighted by Crippen LogP contribution is 2.46. The minimum atomic E-state index is -2.93. The van der Waals surface area contributed by atoms with Crippen molar-refractivity contribution in [2.24, 2.45) is 5.41 Å². The summed E-state index contributed by atoms with van der Waals surface area (Å²) in [7, 11) is -5.67. The van der Waals surface area contributed by atoms with Crippen molar-refractivity contribution in [3.8, 4) is 0 Å². The largest absolute Gasteiger partial charge is 0.459 e. The van der Waals surface area contributed by atoms with Crippen molar-refractivity contribution in [3.63, 3.8) is 0 Å². The molecule has 0 aromatic carbocycles. The van der Waals surface area contributed by atoms with Crippen LogP contribution in [0.1, 0.15) is 83.1 Å². The van der Waals surface area contributed by atoms with E-state index in [9.17, 15) is 9.59 Å². The fraction of sp³-hybridized carbons (Fsp3) is 0.913. The van der Waals surface area contributed by atoms with E-state index in [1.54, 1.807) is 27.7 Å². The van der Waals surface area contributed by atoms with Crippen LogP contribution in [0.5, 0.6) is 0 Å². The second-order valence-electron chi connectivity index (χ2n) is 11.2. The molecule has 0 spiro atoms. The van der Waals surface area contributed by atoms with Crippen molar-refractivity contribution >= 4 is 29.6 Å². The van der Waals surface area contributed by atoms with Gasteiger partial charge < -0.3 is 22.4 Å². The molecule has 1 aliphatic rings. The predicted molar refractivity (Wildman–Crippen MR) is 130 cm³/mol. The summed E-state index contributed by atoms with van der Waals surface area (Å²) in [6.45, 7) is 24.8. The van der Waals surface area contributed by atoms with Crippen LogP contribution in [-0.4, -0.2) is 54.5 Å². The van der Waals surface area contributed by atoms with Crippen LogP contribution in [0, 0.1) is 5.41 Å². The highest BCUT2D eigenvalue weighted by atomic mass is 28.5. The highest BCUT2D eigenvalue weighted by Gasteiger charge is 2.59. The molecule has 0 unspecified atom stereocenters. The van der Waals surface area contributed by atoms with Crippen molar-refractivity contribution < 1.29 is 32.0 Å². The topological polar surface area (TPSA) is 80.3 Å². The SMILES string of the molecule is CC(C)[Si]1(C(C)C)OC[C@@H](OC=O)[C@@H]([C@@H](C)OC(=O)C(C)(C)C)O[Si](C(C)C)(C(C)C)O1. The van der Waals surface area contributed by atoms with E-state index in [2.05, 4.69) is 55.4 Å². The summed E-state index contributed by atoms with van der Waals surface area (Å²) in [6, 6.07) is 0. The van der Waals surface area contributed by atoms with Crippen molar-refractivity contribution in [1.82, 2.24) is 0 Å². The summed E-state index contributed by atoms with van der Waals surface area (Å²) in [5.41, 5.74) is -0.0803. The Kier molecular flexibility index (Phi) is 10.2. The van der Waals surface area contributed by atoms with Crippen molar-refractivity contribution in [3.05, 3.63) is 0 Å². The van der Waals surface area contributed by atoms with Gasteiger partial charge in [-0.3, -0.25) is 9.59 Å². The minimum absolute atomic E-state index is 0.110. The normalized spacial score (nSPS) is 24.9. The number of hydrogen-bond acceptors (Lipinski definition) is 7. The summed E-state index contributed by atoms with van der Waals surface area (Å²) < 4.78 is 31.9. The fourth-order valence-corrected chi connectivity index (χ4v) is 15.6. The van der Waals surface area contributed by atoms with Crippen molar-refractivity contribution in [2.75, 3.05) is 6.61 Å². The molecule has 0 radical (unpaired) electrons. The molecule has 0 saturated carbocycles. The molecule has 188 valence electrons. The smallest absolute Gasteiger partial charge is 0.335 e. The molecule has 0 aliphatic carbocycles. The molecule has 1 rings (SSSR count). The first kappa shape index (κ1) is 29.3. The lowest BCUT2D eigenvalue weighted by atomic mass is 9.97. The standard InChI is InChI=1S/C23H46O7Si2/c1-15(2)31(16(3)4)27-13-20(26-14-24)21(19(9)28-22(25)23(10,11)12)29-32(30-31,17(5)6)18(7)8/h14-21H,13H2,1-12H3/t19-,20-,21-/m1/s1. The first-order valence-electron chi connectivity index (χ1n) is 11.9. The van der Waals surface area contributed by atoms with E-state index in [1.165, 1.54) is 0 Å². The molecule has 0 aromatic heterocycles. The summed E-state index contributed by atoms with van der Waals surface area (Å²) in [6.07, 6.45) is -2.03. The first-order valence-corrected chi connectivity index (χ1v) is 15.8. The molecule has 7 nitrogen and oxygen atoms in total. The lowest BCUT2D eigenvalue weighted by molar-refractivity contribution is -0.173. The first-order chi connectivity index (χ1) is 14.5. The third kappa shape index (κ3) is 6.22. The molecule has 9 heteroatoms. The van der Waals surface area contributed by atoms with Crippen molar-refractivity contribution in [2.45, 2.75) is 124 Å². The maximum absolute atomic E-state index is 12.6.